The van der Waals surface area contributed by atoms with Crippen molar-refractivity contribution in [1.29, 1.82) is 0 Å². The van der Waals surface area contributed by atoms with Crippen LogP contribution in [-0.2, 0) is 13.0 Å². The zero-order valence-electron chi connectivity index (χ0n) is 17.9. The van der Waals surface area contributed by atoms with Gasteiger partial charge in [-0.1, -0.05) is 105 Å². The summed E-state index contributed by atoms with van der Waals surface area (Å²) in [5, 5.41) is 2.65. The van der Waals surface area contributed by atoms with E-state index in [2.05, 4.69) is 91.9 Å². The number of fused-ring (bicyclic) bond motifs is 1. The summed E-state index contributed by atoms with van der Waals surface area (Å²) in [6, 6.07) is 31.1. The van der Waals surface area contributed by atoms with Crippen LogP contribution in [0.3, 0.4) is 0 Å². The molecule has 2 N–H and O–H groups in total. The minimum atomic E-state index is 0.585. The number of hydrogen-bond donors (Lipinski definition) is 1. The average Bonchev–Trinajstić information content (AvgIpc) is 2.81. The summed E-state index contributed by atoms with van der Waals surface area (Å²) in [7, 11) is 0. The molecule has 0 fully saturated rings. The minimum absolute atomic E-state index is 0.585. The zero-order chi connectivity index (χ0) is 20.8. The number of hydrogen-bond acceptors (Lipinski definition) is 1. The molecule has 0 radical (unpaired) electrons. The third-order valence-electron chi connectivity index (χ3n) is 5.96. The maximum Gasteiger partial charge on any atom is 0.0178 e. The highest BCUT2D eigenvalue weighted by Gasteiger charge is 2.03. The van der Waals surface area contributed by atoms with E-state index in [1.807, 2.05) is 0 Å². The van der Waals surface area contributed by atoms with Crippen LogP contribution < -0.4 is 5.73 Å². The van der Waals surface area contributed by atoms with Gasteiger partial charge in [-0.25, -0.2) is 0 Å². The first-order valence-corrected chi connectivity index (χ1v) is 11.2. The summed E-state index contributed by atoms with van der Waals surface area (Å²) in [5.74, 6) is 0. The fourth-order valence-corrected chi connectivity index (χ4v) is 4.07. The first kappa shape index (κ1) is 20.4. The van der Waals surface area contributed by atoms with Gasteiger partial charge >= 0.3 is 0 Å². The van der Waals surface area contributed by atoms with Crippen LogP contribution >= 0.6 is 0 Å². The van der Waals surface area contributed by atoms with Gasteiger partial charge in [0.15, 0.2) is 0 Å². The summed E-state index contributed by atoms with van der Waals surface area (Å²) in [6.07, 6.45) is 6.45. The maximum absolute atomic E-state index is 5.70. The summed E-state index contributed by atoms with van der Waals surface area (Å²) in [5.41, 5.74) is 13.3. The molecule has 0 amide bonds. The minimum Gasteiger partial charge on any atom is -0.326 e. The van der Waals surface area contributed by atoms with E-state index < -0.39 is 0 Å². The highest BCUT2D eigenvalue weighted by molar-refractivity contribution is 5.88. The average molecular weight is 394 g/mol. The molecular weight excluding hydrogens is 362 g/mol. The summed E-state index contributed by atoms with van der Waals surface area (Å²) < 4.78 is 0. The first-order valence-electron chi connectivity index (χ1n) is 11.2. The molecule has 0 aliphatic heterocycles. The molecule has 4 rings (SSSR count). The Hall–Kier alpha value is -2.90. The van der Waals surface area contributed by atoms with Crippen molar-refractivity contribution in [3.63, 3.8) is 0 Å². The molecule has 4 aromatic rings. The van der Waals surface area contributed by atoms with E-state index >= 15 is 0 Å². The van der Waals surface area contributed by atoms with Crippen molar-refractivity contribution in [2.45, 2.75) is 45.6 Å². The SMILES string of the molecule is CCCCCCc1ccc2cc(-c3ccc(-c4ccc(CN)cc4)cc3)ccc2c1. The molecule has 0 aliphatic rings. The second-order valence-corrected chi connectivity index (χ2v) is 8.19. The molecule has 0 bridgehead atoms. The number of benzene rings is 4. The summed E-state index contributed by atoms with van der Waals surface area (Å²) >= 11 is 0. The Labute approximate surface area is 180 Å². The van der Waals surface area contributed by atoms with Crippen LogP contribution in [0.2, 0.25) is 0 Å². The Balaban J connectivity index is 1.51. The number of nitrogens with two attached hydrogens (primary N) is 1. The second-order valence-electron chi connectivity index (χ2n) is 8.19. The maximum atomic E-state index is 5.70. The number of rotatable bonds is 8. The standard InChI is InChI=1S/C29H31N/c1-2-3-4-5-6-22-7-12-29-20-28(18-17-27(29)19-22)26-15-13-25(14-16-26)24-10-8-23(21-30)9-11-24/h7-20H,2-6,21,30H2,1H3. The number of aryl methyl sites for hydroxylation is 1. The van der Waals surface area contributed by atoms with E-state index in [1.54, 1.807) is 0 Å². The molecule has 1 heteroatoms. The fourth-order valence-electron chi connectivity index (χ4n) is 4.07. The largest absolute Gasteiger partial charge is 0.326 e. The van der Waals surface area contributed by atoms with Crippen molar-refractivity contribution in [3.05, 3.63) is 96.1 Å². The Morgan fingerprint density at radius 2 is 1.07 bits per heavy atom. The Kier molecular flexibility index (Phi) is 6.61. The molecule has 0 atom stereocenters. The highest BCUT2D eigenvalue weighted by atomic mass is 14.5. The Morgan fingerprint density at radius 1 is 0.533 bits per heavy atom. The monoisotopic (exact) mass is 393 g/mol. The summed E-state index contributed by atoms with van der Waals surface area (Å²) in [4.78, 5) is 0. The van der Waals surface area contributed by atoms with E-state index in [4.69, 9.17) is 5.73 Å². The zero-order valence-corrected chi connectivity index (χ0v) is 17.9. The lowest BCUT2D eigenvalue weighted by atomic mass is 9.96. The van der Waals surface area contributed by atoms with Crippen molar-refractivity contribution in [2.24, 2.45) is 5.73 Å². The lowest BCUT2D eigenvalue weighted by Gasteiger charge is -2.08. The van der Waals surface area contributed by atoms with Crippen LogP contribution in [0, 0.1) is 0 Å². The topological polar surface area (TPSA) is 26.0 Å². The molecule has 0 aliphatic carbocycles. The molecule has 0 heterocycles. The normalized spacial score (nSPS) is 11.1. The quantitative estimate of drug-likeness (QED) is 0.304. The van der Waals surface area contributed by atoms with Gasteiger partial charge in [0.05, 0.1) is 0 Å². The third kappa shape index (κ3) is 4.80. The summed E-state index contributed by atoms with van der Waals surface area (Å²) in [6.45, 7) is 2.85. The van der Waals surface area contributed by atoms with E-state index in [1.165, 1.54) is 70.7 Å². The predicted octanol–water partition coefficient (Wildman–Crippen LogP) is 7.76. The van der Waals surface area contributed by atoms with Crippen LogP contribution in [0.25, 0.3) is 33.0 Å². The van der Waals surface area contributed by atoms with Crippen LogP contribution in [0.5, 0.6) is 0 Å². The fraction of sp³-hybridized carbons (Fsp3) is 0.241. The van der Waals surface area contributed by atoms with Crippen molar-refractivity contribution < 1.29 is 0 Å². The van der Waals surface area contributed by atoms with Gasteiger partial charge in [0, 0.05) is 6.54 Å². The van der Waals surface area contributed by atoms with E-state index in [0.29, 0.717) is 6.54 Å². The van der Waals surface area contributed by atoms with Gasteiger partial charge in [-0.05, 0) is 63.1 Å². The van der Waals surface area contributed by atoms with Crippen LogP contribution in [0.4, 0.5) is 0 Å². The van der Waals surface area contributed by atoms with Gasteiger partial charge in [-0.2, -0.15) is 0 Å². The smallest absolute Gasteiger partial charge is 0.0178 e. The van der Waals surface area contributed by atoms with Crippen molar-refractivity contribution in [2.75, 3.05) is 0 Å². The van der Waals surface area contributed by atoms with E-state index in [9.17, 15) is 0 Å². The van der Waals surface area contributed by atoms with Gasteiger partial charge < -0.3 is 5.73 Å². The lowest BCUT2D eigenvalue weighted by molar-refractivity contribution is 0.667. The molecule has 0 aromatic heterocycles. The molecule has 0 saturated heterocycles. The van der Waals surface area contributed by atoms with Crippen molar-refractivity contribution >= 4 is 10.8 Å². The van der Waals surface area contributed by atoms with Gasteiger partial charge in [0.1, 0.15) is 0 Å². The van der Waals surface area contributed by atoms with Crippen LogP contribution in [0.1, 0.15) is 43.7 Å². The second kappa shape index (κ2) is 9.73. The van der Waals surface area contributed by atoms with Crippen molar-refractivity contribution in [3.8, 4) is 22.3 Å². The first-order chi connectivity index (χ1) is 14.8. The molecule has 4 aromatic carbocycles. The number of unbranched alkanes of at least 4 members (excludes halogenated alkanes) is 3. The molecular formula is C29H31N. The van der Waals surface area contributed by atoms with Gasteiger partial charge in [-0.15, -0.1) is 0 Å². The molecule has 152 valence electrons. The lowest BCUT2D eigenvalue weighted by Crippen LogP contribution is -1.95. The van der Waals surface area contributed by atoms with Gasteiger partial charge in [0.2, 0.25) is 0 Å². The van der Waals surface area contributed by atoms with E-state index in [-0.39, 0.29) is 0 Å². The van der Waals surface area contributed by atoms with Gasteiger partial charge in [-0.3, -0.25) is 0 Å². The highest BCUT2D eigenvalue weighted by Crippen LogP contribution is 2.28. The van der Waals surface area contributed by atoms with Crippen LogP contribution in [-0.4, -0.2) is 0 Å². The molecule has 0 unspecified atom stereocenters. The van der Waals surface area contributed by atoms with Crippen LogP contribution in [0.15, 0.2) is 84.9 Å². The van der Waals surface area contributed by atoms with Gasteiger partial charge in [0.25, 0.3) is 0 Å². The predicted molar refractivity (Wildman–Crippen MR) is 131 cm³/mol. The molecule has 30 heavy (non-hydrogen) atoms. The molecule has 0 saturated carbocycles. The third-order valence-corrected chi connectivity index (χ3v) is 5.96. The Morgan fingerprint density at radius 3 is 1.73 bits per heavy atom. The Bertz CT molecular complexity index is 1090. The van der Waals surface area contributed by atoms with E-state index in [0.717, 1.165) is 5.56 Å². The van der Waals surface area contributed by atoms with Crippen molar-refractivity contribution in [1.82, 2.24) is 0 Å². The molecule has 1 nitrogen and oxygen atoms in total. The molecule has 0 spiro atoms.